The number of carboxylic acid groups (broad SMARTS) is 1. The summed E-state index contributed by atoms with van der Waals surface area (Å²) in [5.41, 5.74) is 1.29. The van der Waals surface area contributed by atoms with Gasteiger partial charge in [0, 0.05) is 38.1 Å². The van der Waals surface area contributed by atoms with Crippen molar-refractivity contribution in [2.75, 3.05) is 26.4 Å². The molecule has 0 bridgehead atoms. The fourth-order valence-electron chi connectivity index (χ4n) is 4.84. The number of nitrogens with zero attached hydrogens (tertiary/aromatic N) is 1. The molecule has 10 heteroatoms. The number of benzene rings is 2. The van der Waals surface area contributed by atoms with Gasteiger partial charge >= 0.3 is 5.97 Å². The van der Waals surface area contributed by atoms with Gasteiger partial charge in [-0.25, -0.2) is 4.79 Å². The Hall–Kier alpha value is -2.78. The largest absolute Gasteiger partial charge is 0.489 e. The first-order chi connectivity index (χ1) is 17.3. The monoisotopic (exact) mass is 532 g/mol. The van der Waals surface area contributed by atoms with E-state index in [9.17, 15) is 14.7 Å². The number of aromatic carboxylic acids is 1. The van der Waals surface area contributed by atoms with E-state index in [4.69, 9.17) is 37.4 Å². The molecule has 190 valence electrons. The third-order valence-corrected chi connectivity index (χ3v) is 7.80. The molecule has 36 heavy (non-hydrogen) atoms. The summed E-state index contributed by atoms with van der Waals surface area (Å²) < 4.78 is 18.9. The van der Waals surface area contributed by atoms with Crippen LogP contribution in [0, 0.1) is 0 Å². The molecule has 3 aromatic rings. The molecule has 2 aliphatic rings. The molecule has 0 radical (unpaired) electrons. The van der Waals surface area contributed by atoms with Crippen molar-refractivity contribution in [3.8, 4) is 5.75 Å². The van der Waals surface area contributed by atoms with Crippen LogP contribution in [-0.2, 0) is 22.1 Å². The van der Waals surface area contributed by atoms with Gasteiger partial charge in [-0.15, -0.1) is 0 Å². The highest BCUT2D eigenvalue weighted by atomic mass is 35.5. The van der Waals surface area contributed by atoms with Crippen molar-refractivity contribution in [1.82, 2.24) is 9.88 Å². The molecule has 2 aliphatic heterocycles. The van der Waals surface area contributed by atoms with Crippen molar-refractivity contribution in [3.05, 3.63) is 63.3 Å². The van der Waals surface area contributed by atoms with Crippen LogP contribution in [0.25, 0.3) is 10.9 Å². The van der Waals surface area contributed by atoms with Crippen molar-refractivity contribution >= 4 is 46.0 Å². The van der Waals surface area contributed by atoms with Crippen molar-refractivity contribution in [2.45, 2.75) is 30.9 Å². The van der Waals surface area contributed by atoms with Crippen LogP contribution < -0.4 is 10.1 Å². The zero-order chi connectivity index (χ0) is 25.4. The van der Waals surface area contributed by atoms with E-state index < -0.39 is 11.5 Å². The van der Waals surface area contributed by atoms with Gasteiger partial charge in [0.25, 0.3) is 5.91 Å². The van der Waals surface area contributed by atoms with E-state index in [1.54, 1.807) is 35.9 Å². The zero-order valence-electron chi connectivity index (χ0n) is 19.7. The van der Waals surface area contributed by atoms with Gasteiger partial charge in [0.2, 0.25) is 0 Å². The van der Waals surface area contributed by atoms with Crippen molar-refractivity contribution in [2.24, 2.45) is 7.05 Å². The summed E-state index contributed by atoms with van der Waals surface area (Å²) in [6.45, 7) is 1.86. The second-order valence-corrected chi connectivity index (χ2v) is 9.95. The maximum Gasteiger partial charge on any atom is 0.335 e. The van der Waals surface area contributed by atoms with Crippen LogP contribution >= 0.6 is 23.2 Å². The summed E-state index contributed by atoms with van der Waals surface area (Å²) in [4.78, 5) is 24.8. The Morgan fingerprint density at radius 3 is 2.61 bits per heavy atom. The SMILES string of the molecule is Cn1c(C(=O)NC2(c3ccc(C(=O)O)cc3)CCOC2)cc2c(Cl)c(Cl)c(OCC3CCCO3)cc21. The van der Waals surface area contributed by atoms with Gasteiger partial charge < -0.3 is 29.2 Å². The quantitative estimate of drug-likeness (QED) is 0.454. The van der Waals surface area contributed by atoms with Crippen LogP contribution in [0.5, 0.6) is 5.75 Å². The number of rotatable bonds is 7. The van der Waals surface area contributed by atoms with E-state index in [-0.39, 0.29) is 24.2 Å². The summed E-state index contributed by atoms with van der Waals surface area (Å²) in [7, 11) is 1.78. The molecule has 1 aromatic heterocycles. The Balaban J connectivity index is 1.43. The molecular formula is C26H26Cl2N2O6. The Labute approximate surface area is 218 Å². The molecule has 5 rings (SSSR count). The third kappa shape index (κ3) is 4.54. The average Bonchev–Trinajstić information content (AvgIpc) is 3.62. The number of carbonyl (C=O) groups excluding carboxylic acids is 1. The van der Waals surface area contributed by atoms with Crippen LogP contribution in [0.4, 0.5) is 0 Å². The highest BCUT2D eigenvalue weighted by molar-refractivity contribution is 6.46. The summed E-state index contributed by atoms with van der Waals surface area (Å²) in [5, 5.41) is 13.6. The number of carbonyl (C=O) groups is 2. The number of aromatic nitrogens is 1. The Kier molecular flexibility index (Phi) is 6.87. The van der Waals surface area contributed by atoms with E-state index >= 15 is 0 Å². The van der Waals surface area contributed by atoms with Crippen LogP contribution in [0.2, 0.25) is 10.0 Å². The maximum absolute atomic E-state index is 13.5. The average molecular weight is 533 g/mol. The Bertz CT molecular complexity index is 1310. The van der Waals surface area contributed by atoms with Crippen molar-refractivity contribution in [1.29, 1.82) is 0 Å². The van der Waals surface area contributed by atoms with Gasteiger partial charge in [-0.3, -0.25) is 4.79 Å². The minimum absolute atomic E-state index is 0.0275. The molecular weight excluding hydrogens is 507 g/mol. The standard InChI is InChI=1S/C26H26Cl2N2O6/c1-30-19-12-21(36-13-17-3-2-9-35-17)23(28)22(27)18(19)11-20(30)24(31)29-26(8-10-34-14-26)16-6-4-15(5-7-16)25(32)33/h4-7,11-12,17H,2-3,8-10,13-14H2,1H3,(H,29,31)(H,32,33). The minimum atomic E-state index is -1.01. The topological polar surface area (TPSA) is 99.0 Å². The second-order valence-electron chi connectivity index (χ2n) is 9.19. The Morgan fingerprint density at radius 1 is 1.19 bits per heavy atom. The number of carboxylic acids is 1. The molecule has 2 N–H and O–H groups in total. The molecule has 0 saturated carbocycles. The molecule has 8 nitrogen and oxygen atoms in total. The Morgan fingerprint density at radius 2 is 1.97 bits per heavy atom. The van der Waals surface area contributed by atoms with Crippen molar-refractivity contribution in [3.63, 3.8) is 0 Å². The number of hydrogen-bond donors (Lipinski definition) is 2. The molecule has 2 unspecified atom stereocenters. The molecule has 2 fully saturated rings. The summed E-state index contributed by atoms with van der Waals surface area (Å²) in [5.74, 6) is -0.875. The lowest BCUT2D eigenvalue weighted by molar-refractivity contribution is 0.0680. The number of halogens is 2. The molecule has 0 spiro atoms. The number of fused-ring (bicyclic) bond motifs is 1. The maximum atomic E-state index is 13.5. The van der Waals surface area contributed by atoms with Gasteiger partial charge in [0.15, 0.2) is 0 Å². The number of aryl methyl sites for hydroxylation is 1. The normalized spacial score (nSPS) is 21.7. The second kappa shape index (κ2) is 9.94. The highest BCUT2D eigenvalue weighted by Crippen LogP contribution is 2.40. The van der Waals surface area contributed by atoms with Gasteiger partial charge in [-0.05, 0) is 36.6 Å². The summed E-state index contributed by atoms with van der Waals surface area (Å²) in [6.07, 6.45) is 2.53. The lowest BCUT2D eigenvalue weighted by atomic mass is 9.88. The van der Waals surface area contributed by atoms with Crippen LogP contribution in [0.3, 0.4) is 0 Å². The third-order valence-electron chi connectivity index (χ3n) is 6.93. The first kappa shape index (κ1) is 24.9. The molecule has 2 aromatic carbocycles. The number of amides is 1. The van der Waals surface area contributed by atoms with Crippen LogP contribution in [0.1, 0.15) is 45.7 Å². The van der Waals surface area contributed by atoms with Crippen LogP contribution in [-0.4, -0.2) is 54.1 Å². The predicted molar refractivity (Wildman–Crippen MR) is 135 cm³/mol. The smallest absolute Gasteiger partial charge is 0.335 e. The fraction of sp³-hybridized carbons (Fsp3) is 0.385. The van der Waals surface area contributed by atoms with Crippen LogP contribution in [0.15, 0.2) is 36.4 Å². The molecule has 0 aliphatic carbocycles. The van der Waals surface area contributed by atoms with E-state index in [0.29, 0.717) is 52.0 Å². The summed E-state index contributed by atoms with van der Waals surface area (Å²) in [6, 6.07) is 9.98. The lowest BCUT2D eigenvalue weighted by Gasteiger charge is -2.29. The van der Waals surface area contributed by atoms with Gasteiger partial charge in [0.1, 0.15) is 23.1 Å². The first-order valence-corrected chi connectivity index (χ1v) is 12.5. The van der Waals surface area contributed by atoms with E-state index in [1.807, 2.05) is 0 Å². The zero-order valence-corrected chi connectivity index (χ0v) is 21.2. The number of ether oxygens (including phenoxy) is 3. The van der Waals surface area contributed by atoms with Gasteiger partial charge in [-0.2, -0.15) is 0 Å². The van der Waals surface area contributed by atoms with Gasteiger partial charge in [-0.1, -0.05) is 35.3 Å². The summed E-state index contributed by atoms with van der Waals surface area (Å²) >= 11 is 13.1. The van der Waals surface area contributed by atoms with Crippen molar-refractivity contribution < 1.29 is 28.9 Å². The number of hydrogen-bond acceptors (Lipinski definition) is 5. The highest BCUT2D eigenvalue weighted by Gasteiger charge is 2.39. The van der Waals surface area contributed by atoms with E-state index in [2.05, 4.69) is 5.32 Å². The van der Waals surface area contributed by atoms with Gasteiger partial charge in [0.05, 0.1) is 34.4 Å². The van der Waals surface area contributed by atoms with E-state index in [1.165, 1.54) is 12.1 Å². The lowest BCUT2D eigenvalue weighted by Crippen LogP contribution is -2.47. The predicted octanol–water partition coefficient (Wildman–Crippen LogP) is 4.79. The first-order valence-electron chi connectivity index (χ1n) is 11.7. The number of nitrogens with one attached hydrogen (secondary N) is 1. The molecule has 2 atom stereocenters. The molecule has 1 amide bonds. The minimum Gasteiger partial charge on any atom is -0.489 e. The molecule has 2 saturated heterocycles. The van der Waals surface area contributed by atoms with E-state index in [0.717, 1.165) is 25.0 Å². The molecule has 3 heterocycles. The fourth-order valence-corrected chi connectivity index (χ4v) is 5.30.